The first kappa shape index (κ1) is 32.1. The maximum absolute atomic E-state index is 2.45. The Morgan fingerprint density at radius 1 is 0.281 bits per heavy atom. The van der Waals surface area contributed by atoms with E-state index in [4.69, 9.17) is 0 Å². The highest BCUT2D eigenvalue weighted by molar-refractivity contribution is 7.26. The van der Waals surface area contributed by atoms with Crippen molar-refractivity contribution in [1.29, 1.82) is 0 Å². The van der Waals surface area contributed by atoms with Crippen molar-refractivity contribution in [3.63, 3.8) is 0 Å². The Bertz CT molecular complexity index is 3480. The lowest BCUT2D eigenvalue weighted by atomic mass is 9.99. The zero-order valence-corrected chi connectivity index (χ0v) is 31.7. The number of rotatable bonds is 5. The fraction of sp³-hybridized carbons (Fsp3) is 0. The molecular formula is C54H34N2S. The molecule has 3 aromatic heterocycles. The van der Waals surface area contributed by atoms with E-state index in [9.17, 15) is 0 Å². The summed E-state index contributed by atoms with van der Waals surface area (Å²) in [5, 5.41) is 7.65. The second-order valence-corrected chi connectivity index (χ2v) is 16.0. The Balaban J connectivity index is 1.04. The van der Waals surface area contributed by atoms with Gasteiger partial charge in [-0.1, -0.05) is 146 Å². The first-order chi connectivity index (χ1) is 28.3. The van der Waals surface area contributed by atoms with Crippen LogP contribution >= 0.6 is 11.3 Å². The first-order valence-corrected chi connectivity index (χ1v) is 20.3. The number of aromatic nitrogens is 2. The molecule has 0 fully saturated rings. The van der Waals surface area contributed by atoms with Crippen LogP contribution in [0.4, 0.5) is 0 Å². The molecule has 0 aliphatic rings. The van der Waals surface area contributed by atoms with Gasteiger partial charge in [0.15, 0.2) is 0 Å². The van der Waals surface area contributed by atoms with Gasteiger partial charge in [-0.05, 0) is 94.0 Å². The molecule has 0 saturated heterocycles. The highest BCUT2D eigenvalue weighted by Gasteiger charge is 2.19. The molecule has 0 atom stereocenters. The predicted molar refractivity (Wildman–Crippen MR) is 244 cm³/mol. The number of fused-ring (bicyclic) bond motifs is 9. The van der Waals surface area contributed by atoms with Gasteiger partial charge in [0.25, 0.3) is 0 Å². The highest BCUT2D eigenvalue weighted by atomic mass is 32.1. The van der Waals surface area contributed by atoms with Crippen LogP contribution in [0.3, 0.4) is 0 Å². The van der Waals surface area contributed by atoms with Crippen molar-refractivity contribution in [3.05, 3.63) is 206 Å². The molecule has 9 aromatic carbocycles. The molecule has 57 heavy (non-hydrogen) atoms. The molecular weight excluding hydrogens is 709 g/mol. The Morgan fingerprint density at radius 2 is 0.807 bits per heavy atom. The topological polar surface area (TPSA) is 9.86 Å². The number of thiophene rings is 1. The molecule has 12 rings (SSSR count). The van der Waals surface area contributed by atoms with Crippen molar-refractivity contribution in [2.45, 2.75) is 0 Å². The summed E-state index contributed by atoms with van der Waals surface area (Å²) in [6.07, 6.45) is 0. The van der Waals surface area contributed by atoms with Gasteiger partial charge in [0.1, 0.15) is 0 Å². The van der Waals surface area contributed by atoms with Gasteiger partial charge >= 0.3 is 0 Å². The SMILES string of the molecule is c1ccc(-c2ccc(-c3ccc4c(c3)c3cc5c6ccccc6n(-c6ccc(-c7cccc8c7sc7ccccc78)cc6)c5cc3n4-c3ccccc3)cc2)cc1. The molecule has 0 amide bonds. The largest absolute Gasteiger partial charge is 0.309 e. The third-order valence-corrected chi connectivity index (χ3v) is 13.0. The number of hydrogen-bond donors (Lipinski definition) is 0. The summed E-state index contributed by atoms with van der Waals surface area (Å²) >= 11 is 1.88. The van der Waals surface area contributed by atoms with E-state index in [1.165, 1.54) is 97.2 Å². The fourth-order valence-corrected chi connectivity index (χ4v) is 10.3. The van der Waals surface area contributed by atoms with E-state index in [0.29, 0.717) is 0 Å². The van der Waals surface area contributed by atoms with Crippen LogP contribution in [-0.4, -0.2) is 9.13 Å². The van der Waals surface area contributed by atoms with E-state index in [0.717, 1.165) is 11.4 Å². The van der Waals surface area contributed by atoms with E-state index in [-0.39, 0.29) is 0 Å². The van der Waals surface area contributed by atoms with Crippen LogP contribution < -0.4 is 0 Å². The molecule has 0 aliphatic heterocycles. The summed E-state index contributed by atoms with van der Waals surface area (Å²) in [5.74, 6) is 0. The molecule has 12 aromatic rings. The smallest absolute Gasteiger partial charge is 0.0562 e. The zero-order chi connectivity index (χ0) is 37.5. The lowest BCUT2D eigenvalue weighted by Gasteiger charge is -2.11. The van der Waals surface area contributed by atoms with Crippen LogP contribution in [0.1, 0.15) is 0 Å². The number of para-hydroxylation sites is 2. The minimum atomic E-state index is 1.15. The Hall–Kier alpha value is -7.20. The van der Waals surface area contributed by atoms with Crippen LogP contribution in [0.15, 0.2) is 206 Å². The maximum Gasteiger partial charge on any atom is 0.0562 e. The predicted octanol–water partition coefficient (Wildman–Crippen LogP) is 15.2. The van der Waals surface area contributed by atoms with Crippen LogP contribution in [0.2, 0.25) is 0 Å². The van der Waals surface area contributed by atoms with E-state index in [1.807, 2.05) is 11.3 Å². The number of hydrogen-bond acceptors (Lipinski definition) is 1. The molecule has 3 heteroatoms. The molecule has 0 saturated carbocycles. The lowest BCUT2D eigenvalue weighted by molar-refractivity contribution is 1.16. The second kappa shape index (κ2) is 12.7. The summed E-state index contributed by atoms with van der Waals surface area (Å²) in [4.78, 5) is 0. The lowest BCUT2D eigenvalue weighted by Crippen LogP contribution is -1.96. The van der Waals surface area contributed by atoms with Crippen molar-refractivity contribution in [2.75, 3.05) is 0 Å². The second-order valence-electron chi connectivity index (χ2n) is 14.9. The van der Waals surface area contributed by atoms with Crippen LogP contribution in [0.5, 0.6) is 0 Å². The molecule has 3 heterocycles. The molecule has 0 N–H and O–H groups in total. The first-order valence-electron chi connectivity index (χ1n) is 19.5. The van der Waals surface area contributed by atoms with Crippen LogP contribution in [-0.2, 0) is 0 Å². The quantitative estimate of drug-likeness (QED) is 0.166. The zero-order valence-electron chi connectivity index (χ0n) is 30.9. The van der Waals surface area contributed by atoms with Gasteiger partial charge in [0, 0.05) is 53.1 Å². The number of nitrogens with zero attached hydrogens (tertiary/aromatic N) is 2. The molecule has 0 bridgehead atoms. The molecule has 266 valence electrons. The summed E-state index contributed by atoms with van der Waals surface area (Å²) < 4.78 is 7.55. The Morgan fingerprint density at radius 3 is 1.58 bits per heavy atom. The summed E-state index contributed by atoms with van der Waals surface area (Å²) in [5.41, 5.74) is 14.5. The highest BCUT2D eigenvalue weighted by Crippen LogP contribution is 2.43. The van der Waals surface area contributed by atoms with E-state index < -0.39 is 0 Å². The van der Waals surface area contributed by atoms with Gasteiger partial charge in [0.05, 0.1) is 22.1 Å². The van der Waals surface area contributed by atoms with Gasteiger partial charge in [-0.3, -0.25) is 0 Å². The fourth-order valence-electron chi connectivity index (χ4n) is 9.04. The van der Waals surface area contributed by atoms with Gasteiger partial charge in [-0.2, -0.15) is 0 Å². The molecule has 2 nitrogen and oxygen atoms in total. The van der Waals surface area contributed by atoms with E-state index in [2.05, 4.69) is 215 Å². The summed E-state index contributed by atoms with van der Waals surface area (Å²) in [6.45, 7) is 0. The summed E-state index contributed by atoms with van der Waals surface area (Å²) in [7, 11) is 0. The minimum Gasteiger partial charge on any atom is -0.309 e. The molecule has 0 unspecified atom stereocenters. The maximum atomic E-state index is 2.45. The third-order valence-electron chi connectivity index (χ3n) is 11.7. The van der Waals surface area contributed by atoms with Crippen molar-refractivity contribution >= 4 is 75.1 Å². The van der Waals surface area contributed by atoms with Gasteiger partial charge in [-0.25, -0.2) is 0 Å². The average molecular weight is 743 g/mol. The average Bonchev–Trinajstić information content (AvgIpc) is 3.93. The normalized spacial score (nSPS) is 11.9. The molecule has 0 aliphatic carbocycles. The van der Waals surface area contributed by atoms with E-state index in [1.54, 1.807) is 0 Å². The van der Waals surface area contributed by atoms with Gasteiger partial charge in [0.2, 0.25) is 0 Å². The monoisotopic (exact) mass is 742 g/mol. The van der Waals surface area contributed by atoms with Gasteiger partial charge < -0.3 is 9.13 Å². The minimum absolute atomic E-state index is 1.15. The van der Waals surface area contributed by atoms with Crippen molar-refractivity contribution < 1.29 is 0 Å². The molecule has 0 radical (unpaired) electrons. The standard InChI is InChI=1S/C54H34N2S/c1-3-12-35(13-4-1)36-22-24-37(25-23-36)39-28-31-50-46(32-39)48-33-47-43-16-7-9-20-49(43)56(51(47)34-52(48)55(50)40-14-5-2-6-15-40)41-29-26-38(27-30-41)42-18-11-19-45-44-17-8-10-21-53(44)57-54(42)45/h1-34H. The number of benzene rings is 9. The van der Waals surface area contributed by atoms with E-state index >= 15 is 0 Å². The third kappa shape index (κ3) is 5.03. The van der Waals surface area contributed by atoms with Crippen LogP contribution in [0, 0.1) is 0 Å². The van der Waals surface area contributed by atoms with Gasteiger partial charge in [-0.15, -0.1) is 11.3 Å². The summed E-state index contributed by atoms with van der Waals surface area (Å²) in [6, 6.07) is 75.6. The van der Waals surface area contributed by atoms with Crippen molar-refractivity contribution in [1.82, 2.24) is 9.13 Å². The van der Waals surface area contributed by atoms with Crippen LogP contribution in [0.25, 0.3) is 109 Å². The van der Waals surface area contributed by atoms with Crippen molar-refractivity contribution in [2.24, 2.45) is 0 Å². The van der Waals surface area contributed by atoms with Crippen molar-refractivity contribution in [3.8, 4) is 44.8 Å². The molecule has 0 spiro atoms. The Kier molecular flexibility index (Phi) is 7.13. The Labute approximate surface area is 333 Å².